The van der Waals surface area contributed by atoms with Crippen molar-refractivity contribution in [1.29, 1.82) is 0 Å². The second-order valence-electron chi connectivity index (χ2n) is 6.31. The molecule has 0 bridgehead atoms. The lowest BCUT2D eigenvalue weighted by molar-refractivity contribution is -0.129. The Morgan fingerprint density at radius 3 is 2.57 bits per heavy atom. The van der Waals surface area contributed by atoms with E-state index in [0.29, 0.717) is 22.7 Å². The van der Waals surface area contributed by atoms with Gasteiger partial charge in [-0.3, -0.25) is 4.79 Å². The molecule has 1 amide bonds. The second-order valence-corrected chi connectivity index (χ2v) is 6.75. The van der Waals surface area contributed by atoms with Gasteiger partial charge in [-0.05, 0) is 49.7 Å². The summed E-state index contributed by atoms with van der Waals surface area (Å²) in [6, 6.07) is 12.4. The minimum absolute atomic E-state index is 0.0621. The molecule has 0 saturated heterocycles. The van der Waals surface area contributed by atoms with E-state index in [1.54, 1.807) is 32.2 Å². The van der Waals surface area contributed by atoms with Gasteiger partial charge in [-0.15, -0.1) is 0 Å². The number of nitrogens with one attached hydrogen (secondary N) is 1. The third-order valence-electron chi connectivity index (χ3n) is 4.36. The van der Waals surface area contributed by atoms with Crippen LogP contribution in [0, 0.1) is 6.92 Å². The summed E-state index contributed by atoms with van der Waals surface area (Å²) in [5, 5.41) is 4.01. The standard InChI is InChI=1S/C21H20ClNO5/c1-12-17-10-15(22)6-9-18(17)28-19(12)21(25)27-13(2)20(24)23-11-14-4-7-16(26-3)8-5-14/h4-10,13H,11H2,1-3H3,(H,23,24)/t13-/m1/s1. The number of furan rings is 1. The van der Waals surface area contributed by atoms with E-state index in [1.165, 1.54) is 6.92 Å². The molecule has 0 radical (unpaired) electrons. The molecule has 0 spiro atoms. The number of esters is 1. The molecule has 0 fully saturated rings. The first-order valence-corrected chi connectivity index (χ1v) is 9.07. The Kier molecular flexibility index (Phi) is 5.90. The van der Waals surface area contributed by atoms with Crippen molar-refractivity contribution in [3.8, 4) is 5.75 Å². The fraction of sp³-hybridized carbons (Fsp3) is 0.238. The molecule has 146 valence electrons. The molecule has 0 aliphatic carbocycles. The number of rotatable bonds is 6. The van der Waals surface area contributed by atoms with Gasteiger partial charge in [-0.25, -0.2) is 4.79 Å². The van der Waals surface area contributed by atoms with Gasteiger partial charge in [-0.2, -0.15) is 0 Å². The Hall–Kier alpha value is -2.99. The molecular weight excluding hydrogens is 382 g/mol. The monoisotopic (exact) mass is 401 g/mol. The molecule has 0 unspecified atom stereocenters. The van der Waals surface area contributed by atoms with Crippen molar-refractivity contribution in [3.63, 3.8) is 0 Å². The highest BCUT2D eigenvalue weighted by Gasteiger charge is 2.24. The number of aryl methyl sites for hydroxylation is 1. The third kappa shape index (κ3) is 4.28. The normalized spacial score (nSPS) is 11.9. The van der Waals surface area contributed by atoms with E-state index in [-0.39, 0.29) is 5.76 Å². The van der Waals surface area contributed by atoms with E-state index in [0.717, 1.165) is 16.7 Å². The summed E-state index contributed by atoms with van der Waals surface area (Å²) < 4.78 is 15.9. The Labute approximate surface area is 167 Å². The summed E-state index contributed by atoms with van der Waals surface area (Å²) in [6.07, 6.45) is -0.970. The van der Waals surface area contributed by atoms with Crippen LogP contribution in [-0.4, -0.2) is 25.1 Å². The van der Waals surface area contributed by atoms with Crippen LogP contribution in [0.4, 0.5) is 0 Å². The van der Waals surface area contributed by atoms with Crippen LogP contribution in [0.1, 0.15) is 28.6 Å². The molecule has 1 aromatic heterocycles. The van der Waals surface area contributed by atoms with Gasteiger partial charge in [0.25, 0.3) is 5.91 Å². The zero-order valence-corrected chi connectivity index (χ0v) is 16.5. The first-order chi connectivity index (χ1) is 13.4. The number of hydrogen-bond donors (Lipinski definition) is 1. The lowest BCUT2D eigenvalue weighted by atomic mass is 10.1. The van der Waals surface area contributed by atoms with E-state index in [1.807, 2.05) is 24.3 Å². The zero-order chi connectivity index (χ0) is 20.3. The van der Waals surface area contributed by atoms with Gasteiger partial charge in [-0.1, -0.05) is 23.7 Å². The minimum atomic E-state index is -0.970. The van der Waals surface area contributed by atoms with Crippen molar-refractivity contribution in [2.75, 3.05) is 7.11 Å². The zero-order valence-electron chi connectivity index (χ0n) is 15.7. The average molecular weight is 402 g/mol. The number of carbonyl (C=O) groups is 2. The van der Waals surface area contributed by atoms with Gasteiger partial charge < -0.3 is 19.2 Å². The lowest BCUT2D eigenvalue weighted by Crippen LogP contribution is -2.35. The maximum absolute atomic E-state index is 12.4. The number of hydrogen-bond acceptors (Lipinski definition) is 5. The molecule has 0 saturated carbocycles. The highest BCUT2D eigenvalue weighted by Crippen LogP contribution is 2.28. The highest BCUT2D eigenvalue weighted by molar-refractivity contribution is 6.31. The van der Waals surface area contributed by atoms with Crippen molar-refractivity contribution in [2.24, 2.45) is 0 Å². The van der Waals surface area contributed by atoms with E-state index in [2.05, 4.69) is 5.32 Å². The van der Waals surface area contributed by atoms with Crippen molar-refractivity contribution in [3.05, 3.63) is 64.4 Å². The van der Waals surface area contributed by atoms with E-state index >= 15 is 0 Å². The maximum atomic E-state index is 12.4. The minimum Gasteiger partial charge on any atom is -0.497 e. The SMILES string of the molecule is COc1ccc(CNC(=O)[C@@H](C)OC(=O)c2oc3ccc(Cl)cc3c2C)cc1. The third-order valence-corrected chi connectivity index (χ3v) is 4.60. The van der Waals surface area contributed by atoms with Crippen LogP contribution in [0.2, 0.25) is 5.02 Å². The van der Waals surface area contributed by atoms with Crippen molar-refractivity contribution in [1.82, 2.24) is 5.32 Å². The van der Waals surface area contributed by atoms with Crippen LogP contribution in [0.5, 0.6) is 5.75 Å². The van der Waals surface area contributed by atoms with Gasteiger partial charge >= 0.3 is 5.97 Å². The summed E-state index contributed by atoms with van der Waals surface area (Å²) in [7, 11) is 1.59. The first-order valence-electron chi connectivity index (χ1n) is 8.69. The maximum Gasteiger partial charge on any atom is 0.375 e. The van der Waals surface area contributed by atoms with Crippen LogP contribution in [0.15, 0.2) is 46.9 Å². The van der Waals surface area contributed by atoms with Crippen molar-refractivity contribution >= 4 is 34.4 Å². The summed E-state index contributed by atoms with van der Waals surface area (Å²) in [6.45, 7) is 3.57. The van der Waals surface area contributed by atoms with Crippen LogP contribution >= 0.6 is 11.6 Å². The quantitative estimate of drug-likeness (QED) is 0.624. The highest BCUT2D eigenvalue weighted by atomic mass is 35.5. The van der Waals surface area contributed by atoms with E-state index in [9.17, 15) is 9.59 Å². The smallest absolute Gasteiger partial charge is 0.375 e. The van der Waals surface area contributed by atoms with Crippen LogP contribution in [0.25, 0.3) is 11.0 Å². The molecule has 1 atom stereocenters. The Balaban J connectivity index is 1.61. The predicted octanol–water partition coefficient (Wildman–Crippen LogP) is 4.26. The first kappa shape index (κ1) is 19.8. The molecule has 1 N–H and O–H groups in total. The summed E-state index contributed by atoms with van der Waals surface area (Å²) in [4.78, 5) is 24.7. The summed E-state index contributed by atoms with van der Waals surface area (Å²) in [5.74, 6) is -0.301. The van der Waals surface area contributed by atoms with Crippen LogP contribution < -0.4 is 10.1 Å². The molecular formula is C21H20ClNO5. The number of fused-ring (bicyclic) bond motifs is 1. The Morgan fingerprint density at radius 2 is 1.89 bits per heavy atom. The summed E-state index contributed by atoms with van der Waals surface area (Å²) in [5.41, 5.74) is 2.05. The fourth-order valence-corrected chi connectivity index (χ4v) is 2.90. The largest absolute Gasteiger partial charge is 0.497 e. The summed E-state index contributed by atoms with van der Waals surface area (Å²) >= 11 is 5.99. The Morgan fingerprint density at radius 1 is 1.18 bits per heavy atom. The fourth-order valence-electron chi connectivity index (χ4n) is 2.73. The van der Waals surface area contributed by atoms with Crippen molar-refractivity contribution < 1.29 is 23.5 Å². The molecule has 0 aliphatic heterocycles. The Bertz CT molecular complexity index is 1010. The number of halogens is 1. The van der Waals surface area contributed by atoms with Gasteiger partial charge in [0.05, 0.1) is 7.11 Å². The molecule has 7 heteroatoms. The predicted molar refractivity (Wildman–Crippen MR) is 106 cm³/mol. The molecule has 1 heterocycles. The molecule has 0 aliphatic rings. The topological polar surface area (TPSA) is 77.8 Å². The van der Waals surface area contributed by atoms with E-state index < -0.39 is 18.0 Å². The lowest BCUT2D eigenvalue weighted by Gasteiger charge is -2.13. The number of benzene rings is 2. The van der Waals surface area contributed by atoms with Crippen LogP contribution in [-0.2, 0) is 16.1 Å². The molecule has 3 rings (SSSR count). The molecule has 2 aromatic carbocycles. The van der Waals surface area contributed by atoms with Gasteiger partial charge in [0.2, 0.25) is 5.76 Å². The van der Waals surface area contributed by atoms with Crippen molar-refractivity contribution in [2.45, 2.75) is 26.5 Å². The van der Waals surface area contributed by atoms with Gasteiger partial charge in [0, 0.05) is 22.5 Å². The van der Waals surface area contributed by atoms with Gasteiger partial charge in [0.1, 0.15) is 11.3 Å². The number of ether oxygens (including phenoxy) is 2. The number of amides is 1. The average Bonchev–Trinajstić information content (AvgIpc) is 3.02. The second kappa shape index (κ2) is 8.35. The molecule has 6 nitrogen and oxygen atoms in total. The number of methoxy groups -OCH3 is 1. The molecule has 28 heavy (non-hydrogen) atoms. The van der Waals surface area contributed by atoms with E-state index in [4.69, 9.17) is 25.5 Å². The molecule has 3 aromatic rings. The van der Waals surface area contributed by atoms with Crippen LogP contribution in [0.3, 0.4) is 0 Å². The number of carbonyl (C=O) groups excluding carboxylic acids is 2. The van der Waals surface area contributed by atoms with Gasteiger partial charge in [0.15, 0.2) is 6.10 Å².